The number of nitrogens with one attached hydrogen (secondary N) is 1. The third-order valence-electron chi connectivity index (χ3n) is 2.85. The molecule has 0 unspecified atom stereocenters. The van der Waals surface area contributed by atoms with Crippen LogP contribution in [0.25, 0.3) is 11.0 Å². The van der Waals surface area contributed by atoms with Crippen LogP contribution in [0.2, 0.25) is 0 Å². The zero-order valence-electron chi connectivity index (χ0n) is 10.2. The van der Waals surface area contributed by atoms with Crippen LogP contribution in [-0.2, 0) is 11.3 Å². The Hall–Kier alpha value is -2.50. The number of hydrogen-bond donors (Lipinski definition) is 1. The predicted octanol–water partition coefficient (Wildman–Crippen LogP) is 1.16. The van der Waals surface area contributed by atoms with Crippen LogP contribution in [0.1, 0.15) is 12.5 Å². The molecule has 0 radical (unpaired) electrons. The molecule has 1 aliphatic heterocycles. The monoisotopic (exact) mass is 261 g/mol. The smallest absolute Gasteiger partial charge is 0.336 e. The molecule has 0 bridgehead atoms. The molecule has 98 valence electrons. The number of carbonyl (C=O) groups excluding carboxylic acids is 1. The summed E-state index contributed by atoms with van der Waals surface area (Å²) in [7, 11) is 0. The molecule has 0 atom stereocenters. The highest BCUT2D eigenvalue weighted by molar-refractivity contribution is 5.84. The summed E-state index contributed by atoms with van der Waals surface area (Å²) in [6.45, 7) is 1.83. The highest BCUT2D eigenvalue weighted by atomic mass is 16.7. The summed E-state index contributed by atoms with van der Waals surface area (Å²) in [6, 6.07) is 4.73. The van der Waals surface area contributed by atoms with Crippen molar-refractivity contribution in [3.8, 4) is 11.5 Å². The van der Waals surface area contributed by atoms with Crippen molar-refractivity contribution in [2.45, 2.75) is 13.5 Å². The fourth-order valence-corrected chi connectivity index (χ4v) is 1.98. The van der Waals surface area contributed by atoms with Gasteiger partial charge in [-0.25, -0.2) is 4.79 Å². The van der Waals surface area contributed by atoms with Gasteiger partial charge in [0.1, 0.15) is 5.58 Å². The number of carbonyl (C=O) groups is 1. The van der Waals surface area contributed by atoms with Crippen LogP contribution in [0, 0.1) is 0 Å². The maximum atomic E-state index is 11.5. The Morgan fingerprint density at radius 2 is 2.00 bits per heavy atom. The summed E-state index contributed by atoms with van der Waals surface area (Å²) >= 11 is 0. The van der Waals surface area contributed by atoms with Crippen molar-refractivity contribution in [1.29, 1.82) is 0 Å². The van der Waals surface area contributed by atoms with Gasteiger partial charge in [0.2, 0.25) is 12.7 Å². The first-order valence-corrected chi connectivity index (χ1v) is 5.74. The zero-order valence-corrected chi connectivity index (χ0v) is 10.2. The predicted molar refractivity (Wildman–Crippen MR) is 66.1 cm³/mol. The number of rotatable bonds is 2. The Balaban J connectivity index is 2.14. The minimum absolute atomic E-state index is 0.150. The third-order valence-corrected chi connectivity index (χ3v) is 2.85. The van der Waals surface area contributed by atoms with E-state index in [1.54, 1.807) is 12.1 Å². The molecule has 0 saturated carbocycles. The molecule has 2 heterocycles. The average Bonchev–Trinajstić information content (AvgIpc) is 2.80. The molecule has 0 saturated heterocycles. The van der Waals surface area contributed by atoms with Crippen LogP contribution in [0.5, 0.6) is 11.5 Å². The normalized spacial score (nSPS) is 12.7. The lowest BCUT2D eigenvalue weighted by atomic mass is 10.1. The van der Waals surface area contributed by atoms with E-state index in [0.717, 1.165) is 5.39 Å². The Bertz CT molecular complexity index is 719. The van der Waals surface area contributed by atoms with E-state index >= 15 is 0 Å². The summed E-state index contributed by atoms with van der Waals surface area (Å²) in [4.78, 5) is 22.5. The zero-order chi connectivity index (χ0) is 13.4. The number of amides is 1. The first-order chi connectivity index (χ1) is 9.13. The fourth-order valence-electron chi connectivity index (χ4n) is 1.98. The van der Waals surface area contributed by atoms with Gasteiger partial charge in [-0.2, -0.15) is 0 Å². The molecule has 0 aliphatic carbocycles. The lowest BCUT2D eigenvalue weighted by Gasteiger charge is -2.06. The van der Waals surface area contributed by atoms with E-state index in [9.17, 15) is 9.59 Å². The Kier molecular flexibility index (Phi) is 2.63. The number of benzene rings is 1. The molecule has 6 nitrogen and oxygen atoms in total. The minimum atomic E-state index is -0.466. The lowest BCUT2D eigenvalue weighted by molar-refractivity contribution is -0.119. The van der Waals surface area contributed by atoms with Crippen molar-refractivity contribution in [2.75, 3.05) is 6.79 Å². The summed E-state index contributed by atoms with van der Waals surface area (Å²) in [5.74, 6) is 0.986. The van der Waals surface area contributed by atoms with Crippen molar-refractivity contribution < 1.29 is 18.7 Å². The average molecular weight is 261 g/mol. The van der Waals surface area contributed by atoms with Gasteiger partial charge in [0, 0.05) is 31.0 Å². The van der Waals surface area contributed by atoms with Gasteiger partial charge in [-0.1, -0.05) is 0 Å². The molecule has 1 aromatic carbocycles. The van der Waals surface area contributed by atoms with Crippen molar-refractivity contribution >= 4 is 16.9 Å². The van der Waals surface area contributed by atoms with Gasteiger partial charge in [0.15, 0.2) is 11.5 Å². The molecule has 0 fully saturated rings. The standard InChI is InChI=1S/C13H11NO5/c1-7(15)14-5-8-2-13(16)19-10-4-12-11(3-9(8)10)17-6-18-12/h2-4H,5-6H2,1H3,(H,14,15). The Labute approximate surface area is 107 Å². The second-order valence-electron chi connectivity index (χ2n) is 4.20. The molecule has 3 rings (SSSR count). The first-order valence-electron chi connectivity index (χ1n) is 5.74. The molecule has 2 aromatic rings. The van der Waals surface area contributed by atoms with Crippen LogP contribution in [0.15, 0.2) is 27.4 Å². The Morgan fingerprint density at radius 1 is 1.26 bits per heavy atom. The second kappa shape index (κ2) is 4.31. The molecule has 1 amide bonds. The quantitative estimate of drug-likeness (QED) is 0.821. The van der Waals surface area contributed by atoms with Crippen molar-refractivity contribution in [3.05, 3.63) is 34.2 Å². The van der Waals surface area contributed by atoms with Gasteiger partial charge in [-0.3, -0.25) is 4.79 Å². The van der Waals surface area contributed by atoms with E-state index in [1.807, 2.05) is 0 Å². The molecular weight excluding hydrogens is 250 g/mol. The molecule has 1 aromatic heterocycles. The van der Waals surface area contributed by atoms with E-state index in [1.165, 1.54) is 13.0 Å². The second-order valence-corrected chi connectivity index (χ2v) is 4.20. The topological polar surface area (TPSA) is 77.8 Å². The van der Waals surface area contributed by atoms with E-state index < -0.39 is 5.63 Å². The number of fused-ring (bicyclic) bond motifs is 2. The largest absolute Gasteiger partial charge is 0.454 e. The minimum Gasteiger partial charge on any atom is -0.454 e. The van der Waals surface area contributed by atoms with Gasteiger partial charge in [-0.05, 0) is 11.6 Å². The molecule has 19 heavy (non-hydrogen) atoms. The van der Waals surface area contributed by atoms with Crippen molar-refractivity contribution in [2.24, 2.45) is 0 Å². The molecule has 1 N–H and O–H groups in total. The van der Waals surface area contributed by atoms with Crippen LogP contribution < -0.4 is 20.4 Å². The van der Waals surface area contributed by atoms with E-state index in [4.69, 9.17) is 13.9 Å². The maximum absolute atomic E-state index is 11.5. The molecular formula is C13H11NO5. The van der Waals surface area contributed by atoms with Crippen LogP contribution >= 0.6 is 0 Å². The van der Waals surface area contributed by atoms with Crippen LogP contribution in [-0.4, -0.2) is 12.7 Å². The Morgan fingerprint density at radius 3 is 2.74 bits per heavy atom. The molecule has 6 heteroatoms. The maximum Gasteiger partial charge on any atom is 0.336 e. The van der Waals surface area contributed by atoms with Gasteiger partial charge in [0.05, 0.1) is 0 Å². The summed E-state index contributed by atoms with van der Waals surface area (Å²) in [5.41, 5.74) is 0.628. The van der Waals surface area contributed by atoms with Gasteiger partial charge >= 0.3 is 5.63 Å². The van der Waals surface area contributed by atoms with E-state index in [0.29, 0.717) is 22.6 Å². The van der Waals surface area contributed by atoms with E-state index in [2.05, 4.69) is 5.32 Å². The van der Waals surface area contributed by atoms with Crippen LogP contribution in [0.4, 0.5) is 0 Å². The van der Waals surface area contributed by atoms with Crippen molar-refractivity contribution in [1.82, 2.24) is 5.32 Å². The van der Waals surface area contributed by atoms with Crippen LogP contribution in [0.3, 0.4) is 0 Å². The summed E-state index contributed by atoms with van der Waals surface area (Å²) in [6.07, 6.45) is 0. The molecule has 1 aliphatic rings. The van der Waals surface area contributed by atoms with Gasteiger partial charge in [0.25, 0.3) is 0 Å². The highest BCUT2D eigenvalue weighted by Crippen LogP contribution is 2.36. The summed E-state index contributed by atoms with van der Waals surface area (Å²) in [5, 5.41) is 3.38. The third kappa shape index (κ3) is 2.12. The summed E-state index contributed by atoms with van der Waals surface area (Å²) < 4.78 is 15.6. The van der Waals surface area contributed by atoms with Gasteiger partial charge in [-0.15, -0.1) is 0 Å². The van der Waals surface area contributed by atoms with Gasteiger partial charge < -0.3 is 19.2 Å². The van der Waals surface area contributed by atoms with E-state index in [-0.39, 0.29) is 19.2 Å². The lowest BCUT2D eigenvalue weighted by Crippen LogP contribution is -2.20. The highest BCUT2D eigenvalue weighted by Gasteiger charge is 2.17. The van der Waals surface area contributed by atoms with Crippen molar-refractivity contribution in [3.63, 3.8) is 0 Å². The first kappa shape index (κ1) is 11.6. The molecule has 0 spiro atoms. The SMILES string of the molecule is CC(=O)NCc1cc(=O)oc2cc3c(cc12)OCO3. The fraction of sp³-hybridized carbons (Fsp3) is 0.231. The number of hydrogen-bond acceptors (Lipinski definition) is 5. The number of ether oxygens (including phenoxy) is 2.